The van der Waals surface area contributed by atoms with Gasteiger partial charge < -0.3 is 10.0 Å². The van der Waals surface area contributed by atoms with Crippen molar-refractivity contribution in [2.24, 2.45) is 5.41 Å². The van der Waals surface area contributed by atoms with Crippen molar-refractivity contribution in [3.63, 3.8) is 0 Å². The third-order valence-electron chi connectivity index (χ3n) is 4.04. The van der Waals surface area contributed by atoms with Gasteiger partial charge in [0, 0.05) is 18.4 Å². The van der Waals surface area contributed by atoms with Gasteiger partial charge in [0.15, 0.2) is 0 Å². The molecule has 0 amide bonds. The van der Waals surface area contributed by atoms with E-state index in [9.17, 15) is 9.90 Å². The highest BCUT2D eigenvalue weighted by molar-refractivity contribution is 5.75. The van der Waals surface area contributed by atoms with Crippen LogP contribution in [0.15, 0.2) is 24.4 Å². The van der Waals surface area contributed by atoms with Crippen LogP contribution in [0.4, 0.5) is 0 Å². The highest BCUT2D eigenvalue weighted by atomic mass is 16.4. The van der Waals surface area contributed by atoms with Gasteiger partial charge in [-0.05, 0) is 57.8 Å². The zero-order valence-electron chi connectivity index (χ0n) is 11.5. The average molecular weight is 262 g/mol. The van der Waals surface area contributed by atoms with Gasteiger partial charge in [0.05, 0.1) is 5.41 Å². The van der Waals surface area contributed by atoms with Crippen LogP contribution in [0.1, 0.15) is 31.4 Å². The number of aryl methyl sites for hydroxylation is 1. The second kappa shape index (κ2) is 6.15. The number of hydrogen-bond donors (Lipinski definition) is 1. The van der Waals surface area contributed by atoms with Crippen molar-refractivity contribution in [2.75, 3.05) is 20.1 Å². The first-order valence-electron chi connectivity index (χ1n) is 6.94. The van der Waals surface area contributed by atoms with Crippen molar-refractivity contribution in [2.45, 2.75) is 32.1 Å². The van der Waals surface area contributed by atoms with Crippen LogP contribution in [-0.2, 0) is 11.2 Å². The van der Waals surface area contributed by atoms with Gasteiger partial charge in [-0.3, -0.25) is 9.78 Å². The van der Waals surface area contributed by atoms with Gasteiger partial charge >= 0.3 is 5.97 Å². The summed E-state index contributed by atoms with van der Waals surface area (Å²) in [6.07, 6.45) is 6.05. The molecule has 2 rings (SSSR count). The van der Waals surface area contributed by atoms with E-state index in [-0.39, 0.29) is 0 Å². The normalized spacial score (nSPS) is 24.3. The summed E-state index contributed by atoms with van der Waals surface area (Å²) in [7, 11) is 2.01. The standard InChI is InChI=1S/C15H22N2O2/c1-17-11-5-9-15(12-17,14(18)19)8-4-7-13-6-2-3-10-16-13/h2-3,6,10H,4-5,7-9,11-12H2,1H3,(H,18,19). The number of carboxylic acid groups (broad SMARTS) is 1. The predicted molar refractivity (Wildman–Crippen MR) is 74.0 cm³/mol. The van der Waals surface area contributed by atoms with Gasteiger partial charge in [-0.15, -0.1) is 0 Å². The molecule has 0 aliphatic carbocycles. The Hall–Kier alpha value is -1.42. The molecule has 0 spiro atoms. The van der Waals surface area contributed by atoms with Crippen LogP contribution in [0, 0.1) is 5.41 Å². The highest BCUT2D eigenvalue weighted by Crippen LogP contribution is 2.34. The quantitative estimate of drug-likeness (QED) is 0.884. The Morgan fingerprint density at radius 2 is 2.37 bits per heavy atom. The Morgan fingerprint density at radius 1 is 1.53 bits per heavy atom. The topological polar surface area (TPSA) is 53.4 Å². The summed E-state index contributed by atoms with van der Waals surface area (Å²) >= 11 is 0. The number of likely N-dealkylation sites (tertiary alicyclic amines) is 1. The molecule has 1 fully saturated rings. The second-order valence-electron chi connectivity index (χ2n) is 5.60. The molecule has 1 aliphatic heterocycles. The van der Waals surface area contributed by atoms with Gasteiger partial charge in [0.25, 0.3) is 0 Å². The molecular weight excluding hydrogens is 240 g/mol. The van der Waals surface area contributed by atoms with Crippen LogP contribution in [0.5, 0.6) is 0 Å². The Balaban J connectivity index is 1.92. The molecule has 1 N–H and O–H groups in total. The first-order chi connectivity index (χ1) is 9.12. The lowest BCUT2D eigenvalue weighted by Gasteiger charge is -2.38. The molecule has 1 aromatic heterocycles. The van der Waals surface area contributed by atoms with Crippen molar-refractivity contribution < 1.29 is 9.90 Å². The molecular formula is C15H22N2O2. The van der Waals surface area contributed by atoms with E-state index in [0.29, 0.717) is 6.54 Å². The smallest absolute Gasteiger partial charge is 0.310 e. The number of carbonyl (C=O) groups is 1. The lowest BCUT2D eigenvalue weighted by Crippen LogP contribution is -2.46. The highest BCUT2D eigenvalue weighted by Gasteiger charge is 2.40. The third kappa shape index (κ3) is 3.53. The SMILES string of the molecule is CN1CCCC(CCCc2ccccn2)(C(=O)O)C1. The monoisotopic (exact) mass is 262 g/mol. The molecule has 0 aromatic carbocycles. The van der Waals surface area contributed by atoms with Crippen LogP contribution in [-0.4, -0.2) is 41.1 Å². The molecule has 4 nitrogen and oxygen atoms in total. The number of carboxylic acids is 1. The minimum atomic E-state index is -0.639. The first kappa shape index (κ1) is 14.0. The fourth-order valence-corrected chi connectivity index (χ4v) is 3.00. The second-order valence-corrected chi connectivity index (χ2v) is 5.60. The van der Waals surface area contributed by atoms with Crippen molar-refractivity contribution in [1.82, 2.24) is 9.88 Å². The number of aliphatic carboxylic acids is 1. The number of piperidine rings is 1. The van der Waals surface area contributed by atoms with Crippen molar-refractivity contribution in [1.29, 1.82) is 0 Å². The first-order valence-corrected chi connectivity index (χ1v) is 6.94. The van der Waals surface area contributed by atoms with E-state index < -0.39 is 11.4 Å². The maximum absolute atomic E-state index is 11.6. The minimum absolute atomic E-state index is 0.554. The van der Waals surface area contributed by atoms with Gasteiger partial charge in [-0.1, -0.05) is 6.07 Å². The molecule has 0 saturated carbocycles. The largest absolute Gasteiger partial charge is 0.481 e. The van der Waals surface area contributed by atoms with Crippen molar-refractivity contribution in [3.8, 4) is 0 Å². The summed E-state index contributed by atoms with van der Waals surface area (Å²) < 4.78 is 0. The fraction of sp³-hybridized carbons (Fsp3) is 0.600. The Kier molecular flexibility index (Phi) is 4.53. The zero-order valence-corrected chi connectivity index (χ0v) is 11.5. The number of aromatic nitrogens is 1. The molecule has 1 atom stereocenters. The Bertz CT molecular complexity index is 421. The average Bonchev–Trinajstić information content (AvgIpc) is 2.40. The summed E-state index contributed by atoms with van der Waals surface area (Å²) in [5, 5.41) is 9.56. The molecule has 4 heteroatoms. The van der Waals surface area contributed by atoms with Crippen LogP contribution >= 0.6 is 0 Å². The van der Waals surface area contributed by atoms with E-state index in [1.165, 1.54) is 0 Å². The lowest BCUT2D eigenvalue weighted by molar-refractivity contribution is -0.153. The van der Waals surface area contributed by atoms with E-state index in [2.05, 4.69) is 9.88 Å². The van der Waals surface area contributed by atoms with E-state index >= 15 is 0 Å². The van der Waals surface area contributed by atoms with E-state index in [0.717, 1.165) is 44.3 Å². The lowest BCUT2D eigenvalue weighted by atomic mass is 9.76. The van der Waals surface area contributed by atoms with E-state index in [4.69, 9.17) is 0 Å². The molecule has 19 heavy (non-hydrogen) atoms. The summed E-state index contributed by atoms with van der Waals surface area (Å²) in [6, 6.07) is 5.88. The van der Waals surface area contributed by atoms with Crippen LogP contribution < -0.4 is 0 Å². The number of pyridine rings is 1. The Labute approximate surface area is 114 Å². The summed E-state index contributed by atoms with van der Waals surface area (Å²) in [5.74, 6) is -0.639. The fourth-order valence-electron chi connectivity index (χ4n) is 3.00. The summed E-state index contributed by atoms with van der Waals surface area (Å²) in [5.41, 5.74) is 0.495. The number of nitrogens with zero attached hydrogens (tertiary/aromatic N) is 2. The van der Waals surface area contributed by atoms with Crippen LogP contribution in [0.3, 0.4) is 0 Å². The zero-order chi connectivity index (χ0) is 13.7. The minimum Gasteiger partial charge on any atom is -0.481 e. The van der Waals surface area contributed by atoms with Crippen LogP contribution in [0.25, 0.3) is 0 Å². The Morgan fingerprint density at radius 3 is 3.00 bits per heavy atom. The van der Waals surface area contributed by atoms with E-state index in [1.807, 2.05) is 25.2 Å². The van der Waals surface area contributed by atoms with Gasteiger partial charge in [0.2, 0.25) is 0 Å². The molecule has 1 unspecified atom stereocenters. The van der Waals surface area contributed by atoms with Crippen LogP contribution in [0.2, 0.25) is 0 Å². The molecule has 0 radical (unpaired) electrons. The number of rotatable bonds is 5. The van der Waals surface area contributed by atoms with Gasteiger partial charge in [0.1, 0.15) is 0 Å². The maximum Gasteiger partial charge on any atom is 0.310 e. The van der Waals surface area contributed by atoms with Gasteiger partial charge in [-0.2, -0.15) is 0 Å². The van der Waals surface area contributed by atoms with Crippen molar-refractivity contribution in [3.05, 3.63) is 30.1 Å². The summed E-state index contributed by atoms with van der Waals surface area (Å²) in [4.78, 5) is 18.0. The van der Waals surface area contributed by atoms with Gasteiger partial charge in [-0.25, -0.2) is 0 Å². The van der Waals surface area contributed by atoms with Crippen molar-refractivity contribution >= 4 is 5.97 Å². The third-order valence-corrected chi connectivity index (χ3v) is 4.04. The summed E-state index contributed by atoms with van der Waals surface area (Å²) in [6.45, 7) is 1.68. The number of hydrogen-bond acceptors (Lipinski definition) is 3. The maximum atomic E-state index is 11.6. The molecule has 104 valence electrons. The van der Waals surface area contributed by atoms with E-state index in [1.54, 1.807) is 6.20 Å². The molecule has 2 heterocycles. The predicted octanol–water partition coefficient (Wildman–Crippen LogP) is 2.20. The molecule has 1 aromatic rings. The molecule has 1 aliphatic rings. The molecule has 1 saturated heterocycles. The molecule has 0 bridgehead atoms.